The van der Waals surface area contributed by atoms with E-state index in [0.717, 1.165) is 27.4 Å². The minimum Gasteiger partial charge on any atom is -0.497 e. The summed E-state index contributed by atoms with van der Waals surface area (Å²) in [6.07, 6.45) is 3.04. The summed E-state index contributed by atoms with van der Waals surface area (Å²) in [7, 11) is 3.16. The predicted molar refractivity (Wildman–Crippen MR) is 110 cm³/mol. The molecule has 1 N–H and O–H groups in total. The number of carbonyl (C=O) groups excluding carboxylic acids is 1. The van der Waals surface area contributed by atoms with Crippen molar-refractivity contribution in [2.75, 3.05) is 14.2 Å². The second kappa shape index (κ2) is 7.48. The molecule has 0 spiro atoms. The topological polar surface area (TPSA) is 60.5 Å². The Morgan fingerprint density at radius 2 is 1.64 bits per heavy atom. The molecule has 0 amide bonds. The number of ether oxygens (including phenoxy) is 3. The molecule has 0 aliphatic carbocycles. The Kier molecular flexibility index (Phi) is 4.72. The van der Waals surface area contributed by atoms with E-state index in [1.807, 2.05) is 42.5 Å². The van der Waals surface area contributed by atoms with E-state index in [-0.39, 0.29) is 0 Å². The number of hydrogen-bond acceptors (Lipinski definition) is 4. The summed E-state index contributed by atoms with van der Waals surface area (Å²) >= 11 is 0. The largest absolute Gasteiger partial charge is 0.497 e. The molecule has 0 saturated carbocycles. The van der Waals surface area contributed by atoms with Crippen LogP contribution in [-0.2, 0) is 4.79 Å². The zero-order chi connectivity index (χ0) is 19.5. The maximum Gasteiger partial charge on any atom is 0.336 e. The van der Waals surface area contributed by atoms with Gasteiger partial charge in [-0.05, 0) is 42.5 Å². The summed E-state index contributed by atoms with van der Waals surface area (Å²) in [5.41, 5.74) is 2.80. The number of carbonyl (C=O) groups is 1. The van der Waals surface area contributed by atoms with Crippen molar-refractivity contribution >= 4 is 33.9 Å². The Labute approximate surface area is 162 Å². The van der Waals surface area contributed by atoms with Gasteiger partial charge in [-0.15, -0.1) is 0 Å². The molecule has 3 aromatic carbocycles. The van der Waals surface area contributed by atoms with E-state index in [1.165, 1.54) is 6.08 Å². The van der Waals surface area contributed by atoms with Crippen molar-refractivity contribution in [2.45, 2.75) is 0 Å². The van der Waals surface area contributed by atoms with Gasteiger partial charge in [-0.1, -0.05) is 18.2 Å². The van der Waals surface area contributed by atoms with Gasteiger partial charge in [0.1, 0.15) is 17.2 Å². The Balaban J connectivity index is 1.55. The highest BCUT2D eigenvalue weighted by Gasteiger charge is 2.08. The summed E-state index contributed by atoms with van der Waals surface area (Å²) < 4.78 is 16.0. The summed E-state index contributed by atoms with van der Waals surface area (Å²) in [6, 6.07) is 19.0. The molecule has 0 aliphatic rings. The van der Waals surface area contributed by atoms with Crippen LogP contribution in [0.3, 0.4) is 0 Å². The van der Waals surface area contributed by atoms with Gasteiger partial charge in [0.05, 0.1) is 14.2 Å². The van der Waals surface area contributed by atoms with Gasteiger partial charge in [-0.3, -0.25) is 0 Å². The van der Waals surface area contributed by atoms with Gasteiger partial charge >= 0.3 is 5.97 Å². The second-order valence-corrected chi connectivity index (χ2v) is 6.24. The molecule has 0 radical (unpaired) electrons. The monoisotopic (exact) mass is 373 g/mol. The minimum atomic E-state index is -0.461. The molecular formula is C23H19NO4. The molecule has 0 aliphatic heterocycles. The molecule has 1 heterocycles. The van der Waals surface area contributed by atoms with E-state index < -0.39 is 5.97 Å². The zero-order valence-electron chi connectivity index (χ0n) is 15.6. The van der Waals surface area contributed by atoms with Gasteiger partial charge in [0, 0.05) is 39.5 Å². The Hall–Kier alpha value is -3.73. The van der Waals surface area contributed by atoms with E-state index in [9.17, 15) is 4.79 Å². The zero-order valence-corrected chi connectivity index (χ0v) is 15.6. The third-order valence-electron chi connectivity index (χ3n) is 4.54. The lowest BCUT2D eigenvalue weighted by Gasteiger charge is -2.07. The highest BCUT2D eigenvalue weighted by atomic mass is 16.5. The van der Waals surface area contributed by atoms with Crippen LogP contribution in [0.15, 0.2) is 66.7 Å². The van der Waals surface area contributed by atoms with Crippen LogP contribution in [0.4, 0.5) is 0 Å². The summed E-state index contributed by atoms with van der Waals surface area (Å²) in [4.78, 5) is 15.6. The highest BCUT2D eigenvalue weighted by molar-refractivity contribution is 6.07. The first-order chi connectivity index (χ1) is 13.7. The fourth-order valence-corrected chi connectivity index (χ4v) is 3.15. The van der Waals surface area contributed by atoms with Crippen LogP contribution in [0.25, 0.3) is 27.9 Å². The third-order valence-corrected chi connectivity index (χ3v) is 4.54. The van der Waals surface area contributed by atoms with Crippen molar-refractivity contribution in [3.05, 3.63) is 72.3 Å². The SMILES string of the molecule is COc1ccc(/C=C/C(=O)Oc2ccc3[nH]c4ccccc4c3c2)c(OC)c1. The second-order valence-electron chi connectivity index (χ2n) is 6.24. The molecule has 0 atom stereocenters. The van der Waals surface area contributed by atoms with Crippen molar-refractivity contribution in [3.8, 4) is 17.2 Å². The van der Waals surface area contributed by atoms with E-state index in [1.54, 1.807) is 38.5 Å². The summed E-state index contributed by atoms with van der Waals surface area (Å²) in [6.45, 7) is 0. The van der Waals surface area contributed by atoms with Gasteiger partial charge in [0.2, 0.25) is 0 Å². The van der Waals surface area contributed by atoms with Gasteiger partial charge in [-0.25, -0.2) is 4.79 Å². The van der Waals surface area contributed by atoms with Crippen LogP contribution in [0, 0.1) is 0 Å². The molecule has 4 aromatic rings. The first kappa shape index (κ1) is 17.7. The van der Waals surface area contributed by atoms with E-state index >= 15 is 0 Å². The molecule has 28 heavy (non-hydrogen) atoms. The molecule has 0 saturated heterocycles. The fraction of sp³-hybridized carbons (Fsp3) is 0.0870. The Morgan fingerprint density at radius 3 is 2.46 bits per heavy atom. The maximum absolute atomic E-state index is 12.3. The lowest BCUT2D eigenvalue weighted by Crippen LogP contribution is -2.03. The average Bonchev–Trinajstić information content (AvgIpc) is 3.10. The van der Waals surface area contributed by atoms with E-state index in [4.69, 9.17) is 14.2 Å². The number of H-pyrrole nitrogens is 1. The molecule has 5 heteroatoms. The van der Waals surface area contributed by atoms with Crippen LogP contribution >= 0.6 is 0 Å². The molecule has 0 unspecified atom stereocenters. The van der Waals surface area contributed by atoms with E-state index in [0.29, 0.717) is 17.2 Å². The summed E-state index contributed by atoms with van der Waals surface area (Å²) in [5.74, 6) is 1.33. The summed E-state index contributed by atoms with van der Waals surface area (Å²) in [5, 5.41) is 2.11. The quantitative estimate of drug-likeness (QED) is 0.305. The number of aromatic amines is 1. The number of rotatable bonds is 5. The number of aromatic nitrogens is 1. The van der Waals surface area contributed by atoms with Crippen LogP contribution in [0.1, 0.15) is 5.56 Å². The fourth-order valence-electron chi connectivity index (χ4n) is 3.15. The normalized spacial score (nSPS) is 11.2. The lowest BCUT2D eigenvalue weighted by molar-refractivity contribution is -0.128. The van der Waals surface area contributed by atoms with Crippen LogP contribution < -0.4 is 14.2 Å². The lowest BCUT2D eigenvalue weighted by atomic mass is 10.1. The number of esters is 1. The minimum absolute atomic E-state index is 0.461. The van der Waals surface area contributed by atoms with Gasteiger partial charge in [0.25, 0.3) is 0 Å². The molecule has 5 nitrogen and oxygen atoms in total. The maximum atomic E-state index is 12.3. The number of nitrogens with one attached hydrogen (secondary N) is 1. The van der Waals surface area contributed by atoms with Crippen LogP contribution in [0.5, 0.6) is 17.2 Å². The van der Waals surface area contributed by atoms with Crippen LogP contribution in [0.2, 0.25) is 0 Å². The smallest absolute Gasteiger partial charge is 0.336 e. The number of benzene rings is 3. The Bertz CT molecular complexity index is 1190. The number of hydrogen-bond donors (Lipinski definition) is 1. The van der Waals surface area contributed by atoms with Crippen molar-refractivity contribution in [3.63, 3.8) is 0 Å². The molecule has 140 valence electrons. The molecular weight excluding hydrogens is 354 g/mol. The molecule has 0 fully saturated rings. The highest BCUT2D eigenvalue weighted by Crippen LogP contribution is 2.29. The standard InChI is InChI=1S/C23H19NO4/c1-26-16-9-7-15(22(14-16)27-2)8-12-23(25)28-17-10-11-21-19(13-17)18-5-3-4-6-20(18)24-21/h3-14,24H,1-2H3/b12-8+. The molecule has 0 bridgehead atoms. The van der Waals surface area contributed by atoms with Crippen molar-refractivity contribution in [2.24, 2.45) is 0 Å². The third kappa shape index (κ3) is 3.42. The number of methoxy groups -OCH3 is 2. The van der Waals surface area contributed by atoms with Crippen molar-refractivity contribution in [1.29, 1.82) is 0 Å². The van der Waals surface area contributed by atoms with Crippen molar-refractivity contribution < 1.29 is 19.0 Å². The Morgan fingerprint density at radius 1 is 0.857 bits per heavy atom. The first-order valence-corrected chi connectivity index (χ1v) is 8.80. The predicted octanol–water partition coefficient (Wildman–Crippen LogP) is 4.96. The van der Waals surface area contributed by atoms with Gasteiger partial charge < -0.3 is 19.2 Å². The molecule has 4 rings (SSSR count). The molecule has 1 aromatic heterocycles. The van der Waals surface area contributed by atoms with E-state index in [2.05, 4.69) is 4.98 Å². The van der Waals surface area contributed by atoms with Gasteiger partial charge in [-0.2, -0.15) is 0 Å². The van der Waals surface area contributed by atoms with Gasteiger partial charge in [0.15, 0.2) is 0 Å². The number of para-hydroxylation sites is 1. The first-order valence-electron chi connectivity index (χ1n) is 8.80. The van der Waals surface area contributed by atoms with Crippen molar-refractivity contribution in [1.82, 2.24) is 4.98 Å². The number of fused-ring (bicyclic) bond motifs is 3. The van der Waals surface area contributed by atoms with Crippen LogP contribution in [-0.4, -0.2) is 25.2 Å². The average molecular weight is 373 g/mol.